The van der Waals surface area contributed by atoms with E-state index in [9.17, 15) is 4.79 Å². The van der Waals surface area contributed by atoms with Crippen LogP contribution in [0.15, 0.2) is 72.9 Å². The van der Waals surface area contributed by atoms with E-state index in [2.05, 4.69) is 25.7 Å². The van der Waals surface area contributed by atoms with Gasteiger partial charge < -0.3 is 5.32 Å². The van der Waals surface area contributed by atoms with Crippen LogP contribution in [-0.4, -0.2) is 26.3 Å². The van der Waals surface area contributed by atoms with Crippen LogP contribution in [0.5, 0.6) is 0 Å². The molecular formula is C19H15N5O. The van der Waals surface area contributed by atoms with Crippen LogP contribution in [0.4, 0.5) is 5.69 Å². The quantitative estimate of drug-likeness (QED) is 0.533. The molecule has 0 aliphatic rings. The van der Waals surface area contributed by atoms with Gasteiger partial charge in [-0.15, -0.1) is 0 Å². The first kappa shape index (κ1) is 14.9. The van der Waals surface area contributed by atoms with Crippen LogP contribution in [0.2, 0.25) is 0 Å². The highest BCUT2D eigenvalue weighted by Gasteiger charge is 2.11. The van der Waals surface area contributed by atoms with Crippen molar-refractivity contribution in [2.24, 2.45) is 0 Å². The largest absolute Gasteiger partial charge is 0.321 e. The standard InChI is InChI=1S/C19H15N5O/c25-19(18-12-17(23-24-18)13-5-2-1-3-6-13)21-15-8-4-7-14(11-15)16-9-10-20-22-16/h1-12H,(H,20,22)(H,21,25)(H,23,24). The molecule has 1 amide bonds. The number of carbonyl (C=O) groups excluding carboxylic acids is 1. The van der Waals surface area contributed by atoms with Crippen molar-refractivity contribution in [2.45, 2.75) is 0 Å². The second-order valence-electron chi connectivity index (χ2n) is 5.54. The fraction of sp³-hybridized carbons (Fsp3) is 0. The van der Waals surface area contributed by atoms with Gasteiger partial charge in [0.25, 0.3) is 5.91 Å². The van der Waals surface area contributed by atoms with E-state index >= 15 is 0 Å². The van der Waals surface area contributed by atoms with Crippen LogP contribution in [0.25, 0.3) is 22.5 Å². The second kappa shape index (κ2) is 6.45. The third-order valence-corrected chi connectivity index (χ3v) is 3.82. The molecule has 6 heteroatoms. The number of rotatable bonds is 4. The van der Waals surface area contributed by atoms with Crippen LogP contribution in [-0.2, 0) is 0 Å². The number of aromatic nitrogens is 4. The number of anilines is 1. The number of amides is 1. The third-order valence-electron chi connectivity index (χ3n) is 3.82. The van der Waals surface area contributed by atoms with Crippen LogP contribution in [0, 0.1) is 0 Å². The summed E-state index contributed by atoms with van der Waals surface area (Å²) in [7, 11) is 0. The highest BCUT2D eigenvalue weighted by molar-refractivity contribution is 6.03. The normalized spacial score (nSPS) is 10.6. The molecule has 4 aromatic rings. The number of benzene rings is 2. The molecule has 0 saturated carbocycles. The van der Waals surface area contributed by atoms with Gasteiger partial charge in [-0.1, -0.05) is 42.5 Å². The molecule has 2 aromatic heterocycles. The van der Waals surface area contributed by atoms with E-state index in [1.54, 1.807) is 12.3 Å². The van der Waals surface area contributed by atoms with Gasteiger partial charge in [-0.05, 0) is 24.3 Å². The zero-order chi connectivity index (χ0) is 17.1. The molecule has 0 saturated heterocycles. The molecule has 0 radical (unpaired) electrons. The Balaban J connectivity index is 1.53. The number of hydrogen-bond acceptors (Lipinski definition) is 3. The lowest BCUT2D eigenvalue weighted by atomic mass is 10.1. The molecule has 2 aromatic carbocycles. The smallest absolute Gasteiger partial charge is 0.273 e. The van der Waals surface area contributed by atoms with E-state index in [0.29, 0.717) is 11.4 Å². The Bertz CT molecular complexity index is 990. The molecule has 3 N–H and O–H groups in total. The molecule has 0 bridgehead atoms. The molecular weight excluding hydrogens is 314 g/mol. The first-order chi connectivity index (χ1) is 12.3. The van der Waals surface area contributed by atoms with E-state index < -0.39 is 0 Å². The maximum atomic E-state index is 12.5. The minimum atomic E-state index is -0.239. The van der Waals surface area contributed by atoms with Gasteiger partial charge in [0.05, 0.1) is 11.4 Å². The lowest BCUT2D eigenvalue weighted by Crippen LogP contribution is -2.12. The number of aromatic amines is 2. The summed E-state index contributed by atoms with van der Waals surface area (Å²) >= 11 is 0. The van der Waals surface area contributed by atoms with E-state index in [4.69, 9.17) is 0 Å². The Morgan fingerprint density at radius 1 is 0.880 bits per heavy atom. The monoisotopic (exact) mass is 329 g/mol. The first-order valence-electron chi connectivity index (χ1n) is 7.81. The predicted molar refractivity (Wildman–Crippen MR) is 96.0 cm³/mol. The van der Waals surface area contributed by atoms with Crippen LogP contribution in [0.1, 0.15) is 10.5 Å². The lowest BCUT2D eigenvalue weighted by Gasteiger charge is -2.05. The Kier molecular flexibility index (Phi) is 3.84. The molecule has 0 aliphatic heterocycles. The molecule has 0 fully saturated rings. The SMILES string of the molecule is O=C(Nc1cccc(-c2ccn[nH]2)c1)c1cc(-c2ccccc2)n[nH]1. The minimum absolute atomic E-state index is 0.239. The number of hydrogen-bond donors (Lipinski definition) is 3. The van der Waals surface area contributed by atoms with Crippen LogP contribution >= 0.6 is 0 Å². The Labute approximate surface area is 143 Å². The minimum Gasteiger partial charge on any atom is -0.321 e. The maximum Gasteiger partial charge on any atom is 0.273 e. The van der Waals surface area contributed by atoms with E-state index in [-0.39, 0.29) is 5.91 Å². The fourth-order valence-electron chi connectivity index (χ4n) is 2.57. The summed E-state index contributed by atoms with van der Waals surface area (Å²) in [6.07, 6.45) is 1.69. The molecule has 2 heterocycles. The molecule has 0 spiro atoms. The van der Waals surface area contributed by atoms with Crippen molar-refractivity contribution in [1.29, 1.82) is 0 Å². The summed E-state index contributed by atoms with van der Waals surface area (Å²) in [4.78, 5) is 12.5. The van der Waals surface area contributed by atoms with Gasteiger partial charge in [-0.3, -0.25) is 15.0 Å². The van der Waals surface area contributed by atoms with Gasteiger partial charge >= 0.3 is 0 Å². The lowest BCUT2D eigenvalue weighted by molar-refractivity contribution is 0.102. The predicted octanol–water partition coefficient (Wildman–Crippen LogP) is 3.72. The maximum absolute atomic E-state index is 12.5. The first-order valence-corrected chi connectivity index (χ1v) is 7.81. The molecule has 122 valence electrons. The van der Waals surface area contributed by atoms with Crippen LogP contribution < -0.4 is 5.32 Å². The summed E-state index contributed by atoms with van der Waals surface area (Å²) in [5.41, 5.74) is 4.64. The van der Waals surface area contributed by atoms with Gasteiger partial charge in [-0.2, -0.15) is 10.2 Å². The van der Waals surface area contributed by atoms with Gasteiger partial charge in [0, 0.05) is 23.0 Å². The summed E-state index contributed by atoms with van der Waals surface area (Å²) in [5, 5.41) is 16.7. The van der Waals surface area contributed by atoms with Gasteiger partial charge in [0.1, 0.15) is 5.69 Å². The molecule has 0 aliphatic carbocycles. The highest BCUT2D eigenvalue weighted by atomic mass is 16.1. The number of nitrogens with one attached hydrogen (secondary N) is 3. The topological polar surface area (TPSA) is 86.5 Å². The molecule has 0 atom stereocenters. The molecule has 6 nitrogen and oxygen atoms in total. The van der Waals surface area contributed by atoms with Crippen molar-refractivity contribution in [1.82, 2.24) is 20.4 Å². The van der Waals surface area contributed by atoms with Crippen molar-refractivity contribution in [3.05, 3.63) is 78.6 Å². The zero-order valence-corrected chi connectivity index (χ0v) is 13.2. The average molecular weight is 329 g/mol. The molecule has 25 heavy (non-hydrogen) atoms. The molecule has 4 rings (SSSR count). The summed E-state index contributed by atoms with van der Waals surface area (Å²) < 4.78 is 0. The summed E-state index contributed by atoms with van der Waals surface area (Å²) in [5.74, 6) is -0.239. The van der Waals surface area contributed by atoms with Crippen molar-refractivity contribution < 1.29 is 4.79 Å². The second-order valence-corrected chi connectivity index (χ2v) is 5.54. The van der Waals surface area contributed by atoms with E-state index in [1.165, 1.54) is 0 Å². The average Bonchev–Trinajstić information content (AvgIpc) is 3.35. The highest BCUT2D eigenvalue weighted by Crippen LogP contribution is 2.21. The zero-order valence-electron chi connectivity index (χ0n) is 13.2. The van der Waals surface area contributed by atoms with Crippen LogP contribution in [0.3, 0.4) is 0 Å². The number of H-pyrrole nitrogens is 2. The number of nitrogens with zero attached hydrogens (tertiary/aromatic N) is 2. The Morgan fingerprint density at radius 3 is 2.52 bits per heavy atom. The van der Waals surface area contributed by atoms with E-state index in [0.717, 1.165) is 22.5 Å². The summed E-state index contributed by atoms with van der Waals surface area (Å²) in [6, 6.07) is 20.9. The third kappa shape index (κ3) is 3.18. The molecule has 0 unspecified atom stereocenters. The van der Waals surface area contributed by atoms with Gasteiger partial charge in [0.15, 0.2) is 0 Å². The van der Waals surface area contributed by atoms with Crippen molar-refractivity contribution in [3.8, 4) is 22.5 Å². The van der Waals surface area contributed by atoms with Crippen molar-refractivity contribution in [3.63, 3.8) is 0 Å². The van der Waals surface area contributed by atoms with Gasteiger partial charge in [0.2, 0.25) is 0 Å². The van der Waals surface area contributed by atoms with Crippen molar-refractivity contribution in [2.75, 3.05) is 5.32 Å². The Morgan fingerprint density at radius 2 is 1.72 bits per heavy atom. The van der Waals surface area contributed by atoms with Gasteiger partial charge in [-0.25, -0.2) is 0 Å². The van der Waals surface area contributed by atoms with E-state index in [1.807, 2.05) is 60.7 Å². The Hall–Kier alpha value is -3.67. The summed E-state index contributed by atoms with van der Waals surface area (Å²) in [6.45, 7) is 0. The number of carbonyl (C=O) groups is 1. The van der Waals surface area contributed by atoms with Crippen molar-refractivity contribution >= 4 is 11.6 Å². The fourth-order valence-corrected chi connectivity index (χ4v) is 2.57.